The Hall–Kier alpha value is -3.52. The zero-order valence-corrected chi connectivity index (χ0v) is 23.0. The van der Waals surface area contributed by atoms with Gasteiger partial charge in [-0.3, -0.25) is 9.10 Å². The highest BCUT2D eigenvalue weighted by molar-refractivity contribution is 7.92. The maximum absolute atomic E-state index is 13.9. The second-order valence-corrected chi connectivity index (χ2v) is 12.1. The number of sulfonamides is 1. The molecule has 0 fully saturated rings. The molecule has 7 nitrogen and oxygen atoms in total. The molecule has 196 valence electrons. The topological polar surface area (TPSA) is 84.9 Å². The third-order valence-electron chi connectivity index (χ3n) is 6.46. The van der Waals surface area contributed by atoms with Crippen molar-refractivity contribution in [2.45, 2.75) is 57.6 Å². The van der Waals surface area contributed by atoms with Crippen molar-refractivity contribution in [1.82, 2.24) is 5.32 Å². The van der Waals surface area contributed by atoms with E-state index in [1.807, 2.05) is 58.9 Å². The predicted octanol–water partition coefficient (Wildman–Crippen LogP) is 5.23. The van der Waals surface area contributed by atoms with Gasteiger partial charge >= 0.3 is 0 Å². The molecule has 1 unspecified atom stereocenters. The summed E-state index contributed by atoms with van der Waals surface area (Å²) in [5.74, 6) is 0.660. The largest absolute Gasteiger partial charge is 0.495 e. The molecule has 1 amide bonds. The molecule has 8 heteroatoms. The number of hydrogen-bond donors (Lipinski definition) is 1. The third-order valence-corrected chi connectivity index (χ3v) is 8.23. The van der Waals surface area contributed by atoms with Gasteiger partial charge in [0, 0.05) is 12.0 Å². The van der Waals surface area contributed by atoms with Gasteiger partial charge in [-0.25, -0.2) is 8.42 Å². The van der Waals surface area contributed by atoms with Crippen molar-refractivity contribution in [1.29, 1.82) is 0 Å². The quantitative estimate of drug-likeness (QED) is 0.459. The summed E-state index contributed by atoms with van der Waals surface area (Å²) >= 11 is 0. The summed E-state index contributed by atoms with van der Waals surface area (Å²) in [4.78, 5) is 13.6. The molecule has 0 aliphatic carbocycles. The molecule has 1 aliphatic rings. The van der Waals surface area contributed by atoms with Gasteiger partial charge in [0.05, 0.1) is 23.7 Å². The number of benzene rings is 3. The van der Waals surface area contributed by atoms with Crippen LogP contribution in [0, 0.1) is 20.8 Å². The Kier molecular flexibility index (Phi) is 7.24. The van der Waals surface area contributed by atoms with Crippen LogP contribution in [-0.4, -0.2) is 33.6 Å². The molecule has 1 N–H and O–H groups in total. The summed E-state index contributed by atoms with van der Waals surface area (Å²) in [5, 5.41) is 3.08. The van der Waals surface area contributed by atoms with E-state index in [-0.39, 0.29) is 10.9 Å². The fraction of sp³-hybridized carbons (Fsp3) is 0.345. The average molecular weight is 523 g/mol. The smallest absolute Gasteiger partial charge is 0.264 e. The van der Waals surface area contributed by atoms with Crippen LogP contribution in [0.25, 0.3) is 0 Å². The Bertz CT molecular complexity index is 1410. The van der Waals surface area contributed by atoms with Gasteiger partial charge in [0.2, 0.25) is 5.91 Å². The highest BCUT2D eigenvalue weighted by Crippen LogP contribution is 2.40. The summed E-state index contributed by atoms with van der Waals surface area (Å²) in [6.07, 6.45) is 0.549. The minimum Gasteiger partial charge on any atom is -0.495 e. The number of fused-ring (bicyclic) bond motifs is 1. The lowest BCUT2D eigenvalue weighted by Crippen LogP contribution is -2.45. The molecule has 4 rings (SSSR count). The van der Waals surface area contributed by atoms with Crippen molar-refractivity contribution >= 4 is 21.6 Å². The molecule has 0 saturated carbocycles. The lowest BCUT2D eigenvalue weighted by atomic mass is 9.89. The van der Waals surface area contributed by atoms with Crippen LogP contribution < -0.4 is 19.1 Å². The molecule has 37 heavy (non-hydrogen) atoms. The van der Waals surface area contributed by atoms with E-state index in [9.17, 15) is 13.2 Å². The Morgan fingerprint density at radius 1 is 1.00 bits per heavy atom. The fourth-order valence-corrected chi connectivity index (χ4v) is 6.03. The van der Waals surface area contributed by atoms with E-state index in [1.54, 1.807) is 36.4 Å². The van der Waals surface area contributed by atoms with Gasteiger partial charge in [0.1, 0.15) is 23.6 Å². The van der Waals surface area contributed by atoms with Crippen LogP contribution in [0.2, 0.25) is 0 Å². The van der Waals surface area contributed by atoms with Crippen LogP contribution in [0.5, 0.6) is 11.5 Å². The third kappa shape index (κ3) is 5.74. The summed E-state index contributed by atoms with van der Waals surface area (Å²) < 4.78 is 40.5. The van der Waals surface area contributed by atoms with E-state index in [0.717, 1.165) is 32.3 Å². The Morgan fingerprint density at radius 3 is 2.30 bits per heavy atom. The SMILES string of the molecule is COc1ccc(C)cc1N(CC(=O)NC1CC(C)(C)Oc2ccc(C)cc21)S(=O)(=O)c1ccc(C)cc1. The molecule has 1 aliphatic heterocycles. The van der Waals surface area contributed by atoms with Crippen molar-refractivity contribution < 1.29 is 22.7 Å². The molecule has 0 saturated heterocycles. The molecule has 0 spiro atoms. The first-order valence-electron chi connectivity index (χ1n) is 12.2. The number of amides is 1. The maximum atomic E-state index is 13.9. The second-order valence-electron chi connectivity index (χ2n) is 10.2. The maximum Gasteiger partial charge on any atom is 0.264 e. The normalized spacial score (nSPS) is 16.3. The van der Waals surface area contributed by atoms with Gasteiger partial charge in [0.25, 0.3) is 10.0 Å². The molecular weight excluding hydrogens is 488 g/mol. The highest BCUT2D eigenvalue weighted by Gasteiger charge is 2.36. The summed E-state index contributed by atoms with van der Waals surface area (Å²) in [5.41, 5.74) is 3.53. The van der Waals surface area contributed by atoms with Gasteiger partial charge in [-0.15, -0.1) is 0 Å². The first kappa shape index (κ1) is 26.5. The highest BCUT2D eigenvalue weighted by atomic mass is 32.2. The van der Waals surface area contributed by atoms with Crippen molar-refractivity contribution in [2.75, 3.05) is 18.0 Å². The molecule has 0 aromatic heterocycles. The average Bonchev–Trinajstić information content (AvgIpc) is 2.82. The Labute approximate surface area is 219 Å². The summed E-state index contributed by atoms with van der Waals surface area (Å²) in [6.45, 7) is 9.28. The number of hydrogen-bond acceptors (Lipinski definition) is 5. The minimum absolute atomic E-state index is 0.0997. The molecular formula is C29H34N2O5S. The van der Waals surface area contributed by atoms with Crippen LogP contribution in [0.4, 0.5) is 5.69 Å². The summed E-state index contributed by atoms with van der Waals surface area (Å²) in [7, 11) is -2.60. The van der Waals surface area contributed by atoms with Crippen LogP contribution in [0.1, 0.15) is 48.6 Å². The van der Waals surface area contributed by atoms with Gasteiger partial charge in [-0.05, 0) is 70.5 Å². The molecule has 1 heterocycles. The number of ether oxygens (including phenoxy) is 2. The van der Waals surface area contributed by atoms with E-state index >= 15 is 0 Å². The zero-order chi connectivity index (χ0) is 27.0. The number of rotatable bonds is 7. The van der Waals surface area contributed by atoms with Crippen LogP contribution in [0.3, 0.4) is 0 Å². The van der Waals surface area contributed by atoms with E-state index in [0.29, 0.717) is 17.9 Å². The lowest BCUT2D eigenvalue weighted by molar-refractivity contribution is -0.120. The zero-order valence-electron chi connectivity index (χ0n) is 22.2. The Morgan fingerprint density at radius 2 is 1.62 bits per heavy atom. The van der Waals surface area contributed by atoms with E-state index < -0.39 is 28.1 Å². The molecule has 3 aromatic rings. The molecule has 1 atom stereocenters. The van der Waals surface area contributed by atoms with Gasteiger partial charge in [-0.2, -0.15) is 0 Å². The number of nitrogens with zero attached hydrogens (tertiary/aromatic N) is 1. The number of aryl methyl sites for hydroxylation is 3. The minimum atomic E-state index is -4.08. The number of nitrogens with one attached hydrogen (secondary N) is 1. The van der Waals surface area contributed by atoms with Crippen molar-refractivity contribution in [3.63, 3.8) is 0 Å². The summed E-state index contributed by atoms with van der Waals surface area (Å²) in [6, 6.07) is 17.4. The van der Waals surface area contributed by atoms with E-state index in [4.69, 9.17) is 9.47 Å². The Balaban J connectivity index is 1.71. The molecule has 0 bridgehead atoms. The van der Waals surface area contributed by atoms with Crippen molar-refractivity contribution in [3.05, 3.63) is 82.9 Å². The molecule has 3 aromatic carbocycles. The monoisotopic (exact) mass is 522 g/mol. The van der Waals surface area contributed by atoms with Crippen molar-refractivity contribution in [2.24, 2.45) is 0 Å². The predicted molar refractivity (Wildman–Crippen MR) is 145 cm³/mol. The second kappa shape index (κ2) is 10.1. The molecule has 0 radical (unpaired) electrons. The van der Waals surface area contributed by atoms with Gasteiger partial charge in [0.15, 0.2) is 0 Å². The van der Waals surface area contributed by atoms with Crippen LogP contribution in [0.15, 0.2) is 65.6 Å². The number of carbonyl (C=O) groups excluding carboxylic acids is 1. The number of carbonyl (C=O) groups is 1. The lowest BCUT2D eigenvalue weighted by Gasteiger charge is -2.38. The standard InChI is InChI=1S/C29H34N2O5S/c1-19-7-11-22(12-8-19)37(33,34)31(25-16-21(3)10-14-27(25)35-6)18-28(32)30-24-17-29(4,5)36-26-13-9-20(2)15-23(24)26/h7-16,24H,17-18H2,1-6H3,(H,30,32). The van der Waals surface area contributed by atoms with Gasteiger partial charge < -0.3 is 14.8 Å². The van der Waals surface area contributed by atoms with Crippen LogP contribution in [-0.2, 0) is 14.8 Å². The van der Waals surface area contributed by atoms with Gasteiger partial charge in [-0.1, -0.05) is 41.5 Å². The fourth-order valence-electron chi connectivity index (χ4n) is 4.61. The van der Waals surface area contributed by atoms with Crippen LogP contribution >= 0.6 is 0 Å². The van der Waals surface area contributed by atoms with E-state index in [1.165, 1.54) is 7.11 Å². The van der Waals surface area contributed by atoms with E-state index in [2.05, 4.69) is 5.32 Å². The first-order valence-corrected chi connectivity index (χ1v) is 13.7. The number of anilines is 1. The number of methoxy groups -OCH3 is 1. The van der Waals surface area contributed by atoms with Crippen molar-refractivity contribution in [3.8, 4) is 11.5 Å². The first-order chi connectivity index (χ1) is 17.4.